The lowest BCUT2D eigenvalue weighted by molar-refractivity contribution is -0.125. The van der Waals surface area contributed by atoms with Gasteiger partial charge in [-0.25, -0.2) is 9.87 Å². The van der Waals surface area contributed by atoms with E-state index in [0.717, 1.165) is 44.6 Å². The first kappa shape index (κ1) is 23.7. The Balaban J connectivity index is 1.31. The molecule has 0 spiro atoms. The summed E-state index contributed by atoms with van der Waals surface area (Å²) in [5.41, 5.74) is 3.21. The molecule has 2 aliphatic heterocycles. The quantitative estimate of drug-likeness (QED) is 0.280. The Morgan fingerprint density at radius 3 is 2.56 bits per heavy atom. The first-order valence-electron chi connectivity index (χ1n) is 11.4. The summed E-state index contributed by atoms with van der Waals surface area (Å²) in [6.07, 6.45) is 12.5. The number of hydroxylamine groups is 1. The molecule has 0 saturated carbocycles. The second-order valence-electron chi connectivity index (χ2n) is 9.02. The standard InChI is InChI=1S/C23H33FN4O3S/c1-26-12-14-27(15-13-26)22-7-4-19(16-21(22)24)17-2-5-20(6-3-17)32(31)28-10-8-18(9-11-28)23(29)25-30/h2,4-5,8,16-17,20,22,30H,3,6-7,9-15H2,1H3,(H,25,29). The van der Waals surface area contributed by atoms with Crippen molar-refractivity contribution in [1.29, 1.82) is 0 Å². The zero-order chi connectivity index (χ0) is 22.7. The molecule has 4 unspecified atom stereocenters. The highest BCUT2D eigenvalue weighted by Crippen LogP contribution is 2.34. The predicted molar refractivity (Wildman–Crippen MR) is 123 cm³/mol. The van der Waals surface area contributed by atoms with Gasteiger partial charge in [0.15, 0.2) is 5.25 Å². The third-order valence-corrected chi connectivity index (χ3v) is 8.76. The fraction of sp³-hybridized carbons (Fsp3) is 0.609. The number of halogens is 1. The molecule has 176 valence electrons. The minimum absolute atomic E-state index is 0.0334. The summed E-state index contributed by atoms with van der Waals surface area (Å²) < 4.78 is 29.8. The Bertz CT molecular complexity index is 822. The van der Waals surface area contributed by atoms with Crippen LogP contribution in [0, 0.1) is 5.92 Å². The van der Waals surface area contributed by atoms with E-state index < -0.39 is 17.3 Å². The number of carbonyl (C=O) groups is 1. The normalized spacial score (nSPS) is 31.5. The SMILES string of the molecule is CN1CCN(C2CC=C(C3C=CC([S+]([O-])N4CC=C(C(=O)NO)CC4)CC3)C=C2F)CC1. The molecular weight excluding hydrogens is 431 g/mol. The molecule has 0 aromatic heterocycles. The molecule has 0 bridgehead atoms. The summed E-state index contributed by atoms with van der Waals surface area (Å²) >= 11 is -1.17. The van der Waals surface area contributed by atoms with E-state index in [1.807, 2.05) is 10.4 Å². The Hall–Kier alpha value is -1.49. The zero-order valence-corrected chi connectivity index (χ0v) is 19.4. The van der Waals surface area contributed by atoms with Gasteiger partial charge in [0, 0.05) is 62.0 Å². The Labute approximate surface area is 192 Å². The number of allylic oxidation sites excluding steroid dienone is 3. The molecule has 2 heterocycles. The van der Waals surface area contributed by atoms with Gasteiger partial charge >= 0.3 is 0 Å². The number of carbonyl (C=O) groups excluding carboxylic acids is 1. The number of hydrogen-bond donors (Lipinski definition) is 2. The van der Waals surface area contributed by atoms with Gasteiger partial charge in [0.2, 0.25) is 0 Å². The summed E-state index contributed by atoms with van der Waals surface area (Å²) in [5, 5.41) is 8.68. The van der Waals surface area contributed by atoms with Crippen molar-refractivity contribution in [2.24, 2.45) is 5.92 Å². The van der Waals surface area contributed by atoms with Gasteiger partial charge in [-0.2, -0.15) is 0 Å². The Morgan fingerprint density at radius 2 is 1.97 bits per heavy atom. The molecule has 4 rings (SSSR count). The molecule has 0 aromatic rings. The molecule has 0 aromatic carbocycles. The van der Waals surface area contributed by atoms with Crippen molar-refractivity contribution < 1.29 is 18.9 Å². The minimum Gasteiger partial charge on any atom is -0.597 e. The third kappa shape index (κ3) is 5.35. The monoisotopic (exact) mass is 464 g/mol. The fourth-order valence-electron chi connectivity index (χ4n) is 4.91. The lowest BCUT2D eigenvalue weighted by atomic mass is 9.85. The van der Waals surface area contributed by atoms with Crippen LogP contribution in [-0.4, -0.2) is 87.4 Å². The van der Waals surface area contributed by atoms with Crippen molar-refractivity contribution in [2.45, 2.75) is 37.0 Å². The predicted octanol–water partition coefficient (Wildman–Crippen LogP) is 1.92. The summed E-state index contributed by atoms with van der Waals surface area (Å²) in [6, 6.07) is -0.134. The van der Waals surface area contributed by atoms with E-state index >= 15 is 0 Å². The molecule has 9 heteroatoms. The molecular formula is C23H33FN4O3S. The van der Waals surface area contributed by atoms with Crippen LogP contribution in [0.3, 0.4) is 0 Å². The molecule has 32 heavy (non-hydrogen) atoms. The van der Waals surface area contributed by atoms with Crippen LogP contribution in [0.5, 0.6) is 0 Å². The maximum atomic E-state index is 14.9. The highest BCUT2D eigenvalue weighted by atomic mass is 32.2. The molecule has 2 N–H and O–H groups in total. The van der Waals surface area contributed by atoms with Crippen LogP contribution in [0.4, 0.5) is 4.39 Å². The fourth-order valence-corrected chi connectivity index (χ4v) is 6.35. The average Bonchev–Trinajstić information content (AvgIpc) is 2.84. The van der Waals surface area contributed by atoms with Crippen molar-refractivity contribution in [3.63, 3.8) is 0 Å². The smallest absolute Gasteiger partial charge is 0.270 e. The van der Waals surface area contributed by atoms with E-state index in [9.17, 15) is 13.7 Å². The number of rotatable bonds is 5. The second-order valence-corrected chi connectivity index (χ2v) is 10.7. The van der Waals surface area contributed by atoms with Crippen molar-refractivity contribution >= 4 is 17.3 Å². The molecule has 2 aliphatic carbocycles. The first-order chi connectivity index (χ1) is 15.5. The zero-order valence-electron chi connectivity index (χ0n) is 18.6. The average molecular weight is 465 g/mol. The van der Waals surface area contributed by atoms with Gasteiger partial charge < -0.3 is 9.45 Å². The molecule has 0 radical (unpaired) electrons. The van der Waals surface area contributed by atoms with E-state index in [0.29, 0.717) is 31.5 Å². The molecule has 1 fully saturated rings. The molecule has 1 saturated heterocycles. The number of nitrogens with zero attached hydrogens (tertiary/aromatic N) is 3. The van der Waals surface area contributed by atoms with Crippen LogP contribution in [0.2, 0.25) is 0 Å². The molecule has 4 aliphatic rings. The van der Waals surface area contributed by atoms with Gasteiger partial charge in [0.05, 0.1) is 12.6 Å². The lowest BCUT2D eigenvalue weighted by Gasteiger charge is -2.38. The lowest BCUT2D eigenvalue weighted by Crippen LogP contribution is -2.49. The van der Waals surface area contributed by atoms with Gasteiger partial charge in [0.25, 0.3) is 5.91 Å². The van der Waals surface area contributed by atoms with Crippen molar-refractivity contribution in [3.05, 3.63) is 47.4 Å². The van der Waals surface area contributed by atoms with E-state index in [2.05, 4.69) is 29.0 Å². The third-order valence-electron chi connectivity index (χ3n) is 7.01. The molecule has 7 nitrogen and oxygen atoms in total. The number of hydrogen-bond acceptors (Lipinski definition) is 6. The first-order valence-corrected chi connectivity index (χ1v) is 12.6. The number of likely N-dealkylation sites (N-methyl/N-ethyl adjacent to an activating group) is 1. The van der Waals surface area contributed by atoms with Crippen molar-refractivity contribution in [1.82, 2.24) is 19.6 Å². The van der Waals surface area contributed by atoms with Gasteiger partial charge in [-0.15, -0.1) is 4.31 Å². The van der Waals surface area contributed by atoms with E-state index in [1.54, 1.807) is 17.6 Å². The molecule has 4 atom stereocenters. The van der Waals surface area contributed by atoms with E-state index in [-0.39, 0.29) is 23.0 Å². The van der Waals surface area contributed by atoms with Gasteiger partial charge in [-0.05, 0) is 44.0 Å². The summed E-state index contributed by atoms with van der Waals surface area (Å²) in [4.78, 5) is 16.0. The Kier molecular flexibility index (Phi) is 7.86. The maximum absolute atomic E-state index is 14.9. The number of piperazine rings is 1. The van der Waals surface area contributed by atoms with Crippen LogP contribution in [0.25, 0.3) is 0 Å². The highest BCUT2D eigenvalue weighted by Gasteiger charge is 2.34. The topological polar surface area (TPSA) is 82.1 Å². The summed E-state index contributed by atoms with van der Waals surface area (Å²) in [7, 11) is 2.10. The summed E-state index contributed by atoms with van der Waals surface area (Å²) in [6.45, 7) is 4.71. The van der Waals surface area contributed by atoms with Crippen LogP contribution in [-0.2, 0) is 16.2 Å². The Morgan fingerprint density at radius 1 is 1.19 bits per heavy atom. The van der Waals surface area contributed by atoms with Crippen LogP contribution in [0.15, 0.2) is 47.4 Å². The second kappa shape index (κ2) is 10.6. The van der Waals surface area contributed by atoms with Crippen molar-refractivity contribution in [3.8, 4) is 0 Å². The number of nitrogens with one attached hydrogen (secondary N) is 1. The van der Waals surface area contributed by atoms with E-state index in [4.69, 9.17) is 5.21 Å². The van der Waals surface area contributed by atoms with Crippen molar-refractivity contribution in [2.75, 3.05) is 46.3 Å². The van der Waals surface area contributed by atoms with Crippen LogP contribution in [0.1, 0.15) is 25.7 Å². The number of amides is 1. The van der Waals surface area contributed by atoms with Gasteiger partial charge in [-0.1, -0.05) is 18.2 Å². The minimum atomic E-state index is -1.17. The molecule has 1 amide bonds. The van der Waals surface area contributed by atoms with E-state index in [1.165, 1.54) is 0 Å². The van der Waals surface area contributed by atoms with Crippen LogP contribution < -0.4 is 5.48 Å². The van der Waals surface area contributed by atoms with Gasteiger partial charge in [0.1, 0.15) is 5.83 Å². The summed E-state index contributed by atoms with van der Waals surface area (Å²) in [5.74, 6) is -0.357. The van der Waals surface area contributed by atoms with Gasteiger partial charge in [-0.3, -0.25) is 14.9 Å². The highest BCUT2D eigenvalue weighted by molar-refractivity contribution is 7.89. The largest absolute Gasteiger partial charge is 0.597 e. The van der Waals surface area contributed by atoms with Crippen LogP contribution >= 0.6 is 0 Å². The maximum Gasteiger partial charge on any atom is 0.270 e.